The summed E-state index contributed by atoms with van der Waals surface area (Å²) in [5.74, 6) is -1.50. The first-order valence-corrected chi connectivity index (χ1v) is 18.5. The van der Waals surface area contributed by atoms with Crippen LogP contribution in [0.25, 0.3) is 0 Å². The van der Waals surface area contributed by atoms with Gasteiger partial charge in [-0.25, -0.2) is 4.79 Å². The van der Waals surface area contributed by atoms with Gasteiger partial charge in [0.2, 0.25) is 0 Å². The molecule has 0 aromatic rings. The molecule has 2 unspecified atom stereocenters. The SMILES string of the molecule is CC/C=C/C/C=C/C/C=C/CCCCCCCCC(=O)OC(COCCC(C(=O)O)[N+](C)(C)C)COC(=O)CCCCCCCCC. The van der Waals surface area contributed by atoms with Crippen LogP contribution in [0.3, 0.4) is 0 Å². The number of unbranched alkanes of at least 4 members (excludes halogenated alkanes) is 12. The summed E-state index contributed by atoms with van der Waals surface area (Å²) in [5, 5.41) is 9.56. The number of aliphatic carboxylic acids is 1. The minimum Gasteiger partial charge on any atom is -0.477 e. The molecule has 0 aliphatic rings. The van der Waals surface area contributed by atoms with Gasteiger partial charge in [-0.05, 0) is 44.9 Å². The van der Waals surface area contributed by atoms with Gasteiger partial charge >= 0.3 is 17.9 Å². The van der Waals surface area contributed by atoms with E-state index >= 15 is 0 Å². The Morgan fingerprint density at radius 3 is 1.77 bits per heavy atom. The Hall–Kier alpha value is -2.45. The maximum absolute atomic E-state index is 12.6. The van der Waals surface area contributed by atoms with E-state index in [9.17, 15) is 19.5 Å². The number of nitrogens with zero attached hydrogens (tertiary/aromatic N) is 1. The van der Waals surface area contributed by atoms with Crippen molar-refractivity contribution in [2.45, 2.75) is 154 Å². The summed E-state index contributed by atoms with van der Waals surface area (Å²) in [6.45, 7) is 4.55. The van der Waals surface area contributed by atoms with Crippen LogP contribution in [-0.4, -0.2) is 80.6 Å². The highest BCUT2D eigenvalue weighted by Gasteiger charge is 2.31. The van der Waals surface area contributed by atoms with Crippen LogP contribution in [0.15, 0.2) is 36.5 Å². The summed E-state index contributed by atoms with van der Waals surface area (Å²) in [7, 11) is 5.50. The van der Waals surface area contributed by atoms with Gasteiger partial charge in [-0.2, -0.15) is 0 Å². The summed E-state index contributed by atoms with van der Waals surface area (Å²) in [5.41, 5.74) is 0. The first kappa shape index (κ1) is 44.5. The minimum absolute atomic E-state index is 0.0558. The van der Waals surface area contributed by atoms with Crippen LogP contribution in [0.1, 0.15) is 142 Å². The number of carbonyl (C=O) groups excluding carboxylic acids is 2. The van der Waals surface area contributed by atoms with Crippen molar-refractivity contribution >= 4 is 17.9 Å². The number of ether oxygens (including phenoxy) is 3. The molecule has 0 radical (unpaired) electrons. The van der Waals surface area contributed by atoms with E-state index in [0.717, 1.165) is 70.6 Å². The van der Waals surface area contributed by atoms with Crippen molar-refractivity contribution in [1.29, 1.82) is 0 Å². The molecule has 47 heavy (non-hydrogen) atoms. The summed E-state index contributed by atoms with van der Waals surface area (Å²) in [4.78, 5) is 36.6. The average molecular weight is 665 g/mol. The number of carboxylic acids is 1. The molecule has 8 heteroatoms. The van der Waals surface area contributed by atoms with E-state index in [4.69, 9.17) is 14.2 Å². The van der Waals surface area contributed by atoms with Gasteiger partial charge in [0.15, 0.2) is 12.1 Å². The lowest BCUT2D eigenvalue weighted by molar-refractivity contribution is -0.887. The molecule has 0 saturated heterocycles. The number of carboxylic acid groups (broad SMARTS) is 1. The molecule has 272 valence electrons. The van der Waals surface area contributed by atoms with E-state index in [1.165, 1.54) is 38.5 Å². The molecule has 2 atom stereocenters. The third-order valence-corrected chi connectivity index (χ3v) is 8.05. The van der Waals surface area contributed by atoms with E-state index in [2.05, 4.69) is 50.3 Å². The minimum atomic E-state index is -0.880. The summed E-state index contributed by atoms with van der Waals surface area (Å²) in [6.07, 6.45) is 32.0. The van der Waals surface area contributed by atoms with Gasteiger partial charge in [0, 0.05) is 19.3 Å². The van der Waals surface area contributed by atoms with Crippen molar-refractivity contribution in [3.8, 4) is 0 Å². The number of rotatable bonds is 32. The van der Waals surface area contributed by atoms with Crippen LogP contribution in [0, 0.1) is 0 Å². The van der Waals surface area contributed by atoms with Crippen LogP contribution in [-0.2, 0) is 28.6 Å². The molecule has 0 fully saturated rings. The zero-order valence-electron chi connectivity index (χ0n) is 30.7. The molecular weight excluding hydrogens is 594 g/mol. The van der Waals surface area contributed by atoms with Gasteiger partial charge in [0.05, 0.1) is 34.4 Å². The van der Waals surface area contributed by atoms with E-state index in [1.807, 2.05) is 21.1 Å². The fraction of sp³-hybridized carbons (Fsp3) is 0.769. The molecular formula is C39H70NO7+. The molecule has 0 rings (SSSR count). The lowest BCUT2D eigenvalue weighted by Gasteiger charge is -2.31. The first-order chi connectivity index (χ1) is 22.6. The highest BCUT2D eigenvalue weighted by atomic mass is 16.6. The number of carbonyl (C=O) groups is 3. The van der Waals surface area contributed by atoms with E-state index < -0.39 is 18.1 Å². The molecule has 0 heterocycles. The number of hydrogen-bond donors (Lipinski definition) is 1. The molecule has 0 amide bonds. The molecule has 0 bridgehead atoms. The fourth-order valence-electron chi connectivity index (χ4n) is 5.16. The second kappa shape index (κ2) is 30.9. The number of hydrogen-bond acceptors (Lipinski definition) is 6. The van der Waals surface area contributed by atoms with Crippen molar-refractivity contribution in [3.05, 3.63) is 36.5 Å². The zero-order valence-corrected chi connectivity index (χ0v) is 30.7. The molecule has 0 saturated carbocycles. The van der Waals surface area contributed by atoms with Crippen molar-refractivity contribution in [3.63, 3.8) is 0 Å². The van der Waals surface area contributed by atoms with Crippen LogP contribution >= 0.6 is 0 Å². The Kier molecular flexibility index (Phi) is 29.2. The Labute approximate surface area is 287 Å². The second-order valence-electron chi connectivity index (χ2n) is 13.5. The molecule has 0 spiro atoms. The second-order valence-corrected chi connectivity index (χ2v) is 13.5. The Bertz CT molecular complexity index is 875. The quantitative estimate of drug-likeness (QED) is 0.0331. The van der Waals surface area contributed by atoms with Gasteiger partial charge < -0.3 is 23.8 Å². The molecule has 0 aliphatic heterocycles. The maximum Gasteiger partial charge on any atom is 0.362 e. The zero-order chi connectivity index (χ0) is 35.0. The monoisotopic (exact) mass is 665 g/mol. The molecule has 0 aromatic heterocycles. The maximum atomic E-state index is 12.6. The number of esters is 2. The van der Waals surface area contributed by atoms with E-state index in [1.54, 1.807) is 0 Å². The van der Waals surface area contributed by atoms with E-state index in [-0.39, 0.29) is 36.2 Å². The smallest absolute Gasteiger partial charge is 0.362 e. The summed E-state index contributed by atoms with van der Waals surface area (Å²) < 4.78 is 17.1. The van der Waals surface area contributed by atoms with Crippen molar-refractivity contribution in [2.24, 2.45) is 0 Å². The summed E-state index contributed by atoms with van der Waals surface area (Å²) >= 11 is 0. The number of likely N-dealkylation sites (N-methyl/N-ethyl adjacent to an activating group) is 1. The van der Waals surface area contributed by atoms with Gasteiger partial charge in [0.25, 0.3) is 0 Å². The van der Waals surface area contributed by atoms with E-state index in [0.29, 0.717) is 19.3 Å². The van der Waals surface area contributed by atoms with Crippen molar-refractivity contribution in [2.75, 3.05) is 41.0 Å². The first-order valence-electron chi connectivity index (χ1n) is 18.5. The molecule has 0 aliphatic carbocycles. The average Bonchev–Trinajstić information content (AvgIpc) is 3.01. The lowest BCUT2D eigenvalue weighted by Crippen LogP contribution is -2.50. The fourth-order valence-corrected chi connectivity index (χ4v) is 5.16. The van der Waals surface area contributed by atoms with Crippen molar-refractivity contribution in [1.82, 2.24) is 0 Å². The van der Waals surface area contributed by atoms with Crippen LogP contribution < -0.4 is 0 Å². The third kappa shape index (κ3) is 29.4. The predicted molar refractivity (Wildman–Crippen MR) is 192 cm³/mol. The standard InChI is InChI=1S/C39H69NO7/c1-6-8-10-12-14-15-16-17-18-19-20-21-22-24-26-28-30-38(42)47-35(33-45-32-31-36(39(43)44)40(3,4)5)34-46-37(41)29-27-25-23-13-11-9-7-2/h8,10,14-15,17-18,35-36H,6-7,9,11-13,16,19-34H2,1-5H3/p+1/b10-8+,15-14+,18-17+. The van der Waals surface area contributed by atoms with Crippen LogP contribution in [0.5, 0.6) is 0 Å². The number of quaternary nitrogens is 1. The Morgan fingerprint density at radius 2 is 1.19 bits per heavy atom. The third-order valence-electron chi connectivity index (χ3n) is 8.05. The van der Waals surface area contributed by atoms with Gasteiger partial charge in [-0.1, -0.05) is 115 Å². The number of allylic oxidation sites excluding steroid dienone is 6. The topological polar surface area (TPSA) is 99.1 Å². The Morgan fingerprint density at radius 1 is 0.660 bits per heavy atom. The summed E-state index contributed by atoms with van der Waals surface area (Å²) in [6, 6.07) is -0.613. The van der Waals surface area contributed by atoms with Gasteiger partial charge in [-0.15, -0.1) is 0 Å². The van der Waals surface area contributed by atoms with Gasteiger partial charge in [-0.3, -0.25) is 9.59 Å². The van der Waals surface area contributed by atoms with Crippen molar-refractivity contribution < 1.29 is 38.2 Å². The highest BCUT2D eigenvalue weighted by Crippen LogP contribution is 2.13. The molecule has 8 nitrogen and oxygen atoms in total. The lowest BCUT2D eigenvalue weighted by atomic mass is 10.1. The predicted octanol–water partition coefficient (Wildman–Crippen LogP) is 9.13. The van der Waals surface area contributed by atoms with Crippen LogP contribution in [0.2, 0.25) is 0 Å². The van der Waals surface area contributed by atoms with Crippen LogP contribution in [0.4, 0.5) is 0 Å². The molecule has 1 N–H and O–H groups in total. The Balaban J connectivity index is 4.40. The largest absolute Gasteiger partial charge is 0.477 e. The molecule has 0 aromatic carbocycles. The van der Waals surface area contributed by atoms with Gasteiger partial charge in [0.1, 0.15) is 6.61 Å². The normalized spacial score (nSPS) is 13.5. The highest BCUT2D eigenvalue weighted by molar-refractivity contribution is 5.72.